The van der Waals surface area contributed by atoms with Gasteiger partial charge in [-0.1, -0.05) is 25.4 Å². The molecule has 0 spiro atoms. The van der Waals surface area contributed by atoms with E-state index in [1.807, 2.05) is 42.8 Å². The van der Waals surface area contributed by atoms with Crippen molar-refractivity contribution in [3.8, 4) is 0 Å². The third-order valence-electron chi connectivity index (χ3n) is 5.00. The Hall–Kier alpha value is -1.31. The molecule has 1 saturated heterocycles. The molecule has 5 nitrogen and oxygen atoms in total. The Morgan fingerprint density at radius 2 is 1.97 bits per heavy atom. The number of amides is 2. The fourth-order valence-electron chi connectivity index (χ4n) is 3.82. The minimum Gasteiger partial charge on any atom is -0.352 e. The molecule has 0 aliphatic carbocycles. The first-order valence-electron chi connectivity index (χ1n) is 9.77. The predicted octanol–water partition coefficient (Wildman–Crippen LogP) is 4.29. The van der Waals surface area contributed by atoms with Gasteiger partial charge in [0.25, 0.3) is 5.91 Å². The van der Waals surface area contributed by atoms with Crippen LogP contribution in [0.1, 0.15) is 37.7 Å². The second-order valence-corrected chi connectivity index (χ2v) is 11.4. The Kier molecular flexibility index (Phi) is 7.12. The van der Waals surface area contributed by atoms with E-state index in [4.69, 9.17) is 11.6 Å². The molecule has 1 unspecified atom stereocenters. The van der Waals surface area contributed by atoms with Crippen LogP contribution >= 0.6 is 35.1 Å². The number of carbonyl (C=O) groups is 2. The summed E-state index contributed by atoms with van der Waals surface area (Å²) in [5, 5.41) is 7.81. The van der Waals surface area contributed by atoms with Gasteiger partial charge in [-0.2, -0.15) is 0 Å². The fraction of sp³-hybridized carbons (Fsp3) is 0.524. The van der Waals surface area contributed by atoms with Gasteiger partial charge in [0, 0.05) is 41.0 Å². The van der Waals surface area contributed by atoms with Crippen LogP contribution in [0.5, 0.6) is 0 Å². The molecule has 3 rings (SSSR count). The summed E-state index contributed by atoms with van der Waals surface area (Å²) in [6.07, 6.45) is 0.764. The topological polar surface area (TPSA) is 63.1 Å². The van der Waals surface area contributed by atoms with Crippen molar-refractivity contribution >= 4 is 57.8 Å². The molecule has 1 atom stereocenters. The Morgan fingerprint density at radius 3 is 2.62 bits per heavy atom. The summed E-state index contributed by atoms with van der Waals surface area (Å²) >= 11 is 9.46. The third-order valence-corrected chi connectivity index (χ3v) is 8.22. The van der Waals surface area contributed by atoms with E-state index >= 15 is 0 Å². The molecule has 158 valence electrons. The first-order valence-corrected chi connectivity index (χ1v) is 12.2. The monoisotopic (exact) mass is 453 g/mol. The largest absolute Gasteiger partial charge is 0.352 e. The number of hydrogen-bond acceptors (Lipinski definition) is 4. The van der Waals surface area contributed by atoms with E-state index < -0.39 is 5.54 Å². The van der Waals surface area contributed by atoms with Crippen LogP contribution in [0, 0.1) is 5.92 Å². The van der Waals surface area contributed by atoms with Crippen molar-refractivity contribution in [2.45, 2.75) is 37.3 Å². The number of aryl methyl sites for hydroxylation is 1. The molecule has 0 bridgehead atoms. The lowest BCUT2D eigenvalue weighted by Crippen LogP contribution is -2.55. The normalized spacial score (nSPS) is 16.9. The molecule has 0 saturated carbocycles. The number of nitrogens with one attached hydrogen (secondary N) is 2. The maximum atomic E-state index is 13.1. The quantitative estimate of drug-likeness (QED) is 0.656. The van der Waals surface area contributed by atoms with Crippen molar-refractivity contribution in [3.05, 3.63) is 35.0 Å². The van der Waals surface area contributed by atoms with Gasteiger partial charge < -0.3 is 15.2 Å². The third kappa shape index (κ3) is 5.44. The number of carbonyl (C=O) groups excluding carboxylic acids is 2. The first kappa shape index (κ1) is 22.4. The Bertz CT molecular complexity index is 909. The molecule has 1 aromatic carbocycles. The number of halogens is 1. The van der Waals surface area contributed by atoms with Crippen molar-refractivity contribution in [1.82, 2.24) is 15.2 Å². The average Bonchev–Trinajstić information content (AvgIpc) is 3.27. The van der Waals surface area contributed by atoms with Gasteiger partial charge in [-0.3, -0.25) is 9.59 Å². The molecule has 2 heterocycles. The SMILES string of the molecule is CC(C)CC(C)(CNC(=O)C1SCCS1)NC(=O)c1cc2cc(Cl)ccc2n1C. The van der Waals surface area contributed by atoms with Crippen LogP contribution in [0.25, 0.3) is 10.9 Å². The standard InChI is InChI=1S/C21H28ClN3O2S2/c1-13(2)11-21(3,12-23-19(27)20-28-7-8-29-20)24-18(26)17-10-14-9-15(22)5-6-16(14)25(17)4/h5-6,9-10,13,20H,7-8,11-12H2,1-4H3,(H,23,27)(H,24,26). The second kappa shape index (κ2) is 9.23. The Balaban J connectivity index is 1.75. The van der Waals surface area contributed by atoms with Crippen molar-refractivity contribution in [2.24, 2.45) is 13.0 Å². The summed E-state index contributed by atoms with van der Waals surface area (Å²) in [5.74, 6) is 2.28. The van der Waals surface area contributed by atoms with E-state index in [0.717, 1.165) is 28.8 Å². The zero-order chi connectivity index (χ0) is 21.2. The highest BCUT2D eigenvalue weighted by Gasteiger charge is 2.31. The second-order valence-electron chi connectivity index (χ2n) is 8.20. The van der Waals surface area contributed by atoms with E-state index in [1.54, 1.807) is 23.5 Å². The van der Waals surface area contributed by atoms with E-state index in [0.29, 0.717) is 23.2 Å². The number of benzene rings is 1. The molecular weight excluding hydrogens is 426 g/mol. The molecule has 8 heteroatoms. The zero-order valence-electron chi connectivity index (χ0n) is 17.3. The highest BCUT2D eigenvalue weighted by atomic mass is 35.5. The molecule has 1 aliphatic rings. The van der Waals surface area contributed by atoms with Crippen LogP contribution in [0.15, 0.2) is 24.3 Å². The van der Waals surface area contributed by atoms with Gasteiger partial charge in [0.1, 0.15) is 10.3 Å². The summed E-state index contributed by atoms with van der Waals surface area (Å²) in [4.78, 5) is 25.6. The van der Waals surface area contributed by atoms with Crippen molar-refractivity contribution < 1.29 is 9.59 Å². The molecule has 2 amide bonds. The maximum Gasteiger partial charge on any atom is 0.268 e. The van der Waals surface area contributed by atoms with Gasteiger partial charge >= 0.3 is 0 Å². The van der Waals surface area contributed by atoms with Gasteiger partial charge in [0.15, 0.2) is 0 Å². The first-order chi connectivity index (χ1) is 13.7. The molecule has 29 heavy (non-hydrogen) atoms. The van der Waals surface area contributed by atoms with E-state index in [9.17, 15) is 9.59 Å². The number of rotatable bonds is 7. The predicted molar refractivity (Wildman–Crippen MR) is 125 cm³/mol. The lowest BCUT2D eigenvalue weighted by atomic mass is 9.90. The van der Waals surface area contributed by atoms with Gasteiger partial charge in [0.05, 0.1) is 5.54 Å². The van der Waals surface area contributed by atoms with Crippen LogP contribution < -0.4 is 10.6 Å². The van der Waals surface area contributed by atoms with Crippen molar-refractivity contribution in [1.29, 1.82) is 0 Å². The highest BCUT2D eigenvalue weighted by Crippen LogP contribution is 2.32. The van der Waals surface area contributed by atoms with E-state index in [1.165, 1.54) is 0 Å². The summed E-state index contributed by atoms with van der Waals surface area (Å²) in [5.41, 5.74) is 0.988. The van der Waals surface area contributed by atoms with Crippen LogP contribution in [0.3, 0.4) is 0 Å². The van der Waals surface area contributed by atoms with Gasteiger partial charge in [0.2, 0.25) is 5.91 Å². The van der Waals surface area contributed by atoms with Crippen molar-refractivity contribution in [2.75, 3.05) is 18.1 Å². The van der Waals surface area contributed by atoms with E-state index in [-0.39, 0.29) is 16.4 Å². The molecule has 2 N–H and O–H groups in total. The smallest absolute Gasteiger partial charge is 0.268 e. The maximum absolute atomic E-state index is 13.1. The number of thioether (sulfide) groups is 2. The summed E-state index contributed by atoms with van der Waals surface area (Å²) in [6.45, 7) is 6.64. The minimum absolute atomic E-state index is 0.0426. The molecule has 1 aliphatic heterocycles. The molecule has 0 radical (unpaired) electrons. The summed E-state index contributed by atoms with van der Waals surface area (Å²) in [6, 6.07) is 7.46. The number of fused-ring (bicyclic) bond motifs is 1. The van der Waals surface area contributed by atoms with Crippen molar-refractivity contribution in [3.63, 3.8) is 0 Å². The van der Waals surface area contributed by atoms with E-state index in [2.05, 4.69) is 24.5 Å². The molecule has 1 aromatic heterocycles. The summed E-state index contributed by atoms with van der Waals surface area (Å²) in [7, 11) is 1.88. The highest BCUT2D eigenvalue weighted by molar-refractivity contribution is 8.21. The number of aromatic nitrogens is 1. The van der Waals surface area contributed by atoms with Gasteiger partial charge in [-0.05, 0) is 43.5 Å². The fourth-order valence-corrected chi connectivity index (χ4v) is 6.63. The lowest BCUT2D eigenvalue weighted by molar-refractivity contribution is -0.119. The van der Waals surface area contributed by atoms with Crippen LogP contribution in [0.4, 0.5) is 0 Å². The zero-order valence-corrected chi connectivity index (χ0v) is 19.6. The average molecular weight is 454 g/mol. The number of hydrogen-bond donors (Lipinski definition) is 2. The summed E-state index contributed by atoms with van der Waals surface area (Å²) < 4.78 is 1.83. The number of nitrogens with zero attached hydrogens (tertiary/aromatic N) is 1. The molecular formula is C21H28ClN3O2S2. The lowest BCUT2D eigenvalue weighted by Gasteiger charge is -2.33. The Labute approximate surface area is 185 Å². The van der Waals surface area contributed by atoms with Crippen LogP contribution in [-0.4, -0.2) is 44.6 Å². The molecule has 1 fully saturated rings. The Morgan fingerprint density at radius 1 is 1.28 bits per heavy atom. The van der Waals surface area contributed by atoms with Gasteiger partial charge in [-0.25, -0.2) is 0 Å². The van der Waals surface area contributed by atoms with Gasteiger partial charge in [-0.15, -0.1) is 23.5 Å². The van der Waals surface area contributed by atoms with Crippen LogP contribution in [-0.2, 0) is 11.8 Å². The minimum atomic E-state index is -0.539. The van der Waals surface area contributed by atoms with Crippen LogP contribution in [0.2, 0.25) is 5.02 Å². The molecule has 2 aromatic rings.